The van der Waals surface area contributed by atoms with E-state index in [1.165, 1.54) is 5.56 Å². The molecule has 0 fully saturated rings. The Hall–Kier alpha value is -3.86. The predicted molar refractivity (Wildman–Crippen MR) is 125 cm³/mol. The van der Waals surface area contributed by atoms with E-state index in [9.17, 15) is 0 Å². The van der Waals surface area contributed by atoms with E-state index in [4.69, 9.17) is 4.98 Å². The van der Waals surface area contributed by atoms with Crippen molar-refractivity contribution >= 4 is 28.8 Å². The molecule has 1 aromatic heterocycles. The number of nitrogens with zero attached hydrogens (tertiary/aromatic N) is 4. The number of rotatable bonds is 7. The summed E-state index contributed by atoms with van der Waals surface area (Å²) in [7, 11) is 4.06. The lowest BCUT2D eigenvalue weighted by molar-refractivity contribution is 0.913. The van der Waals surface area contributed by atoms with Crippen LogP contribution in [0.5, 0.6) is 0 Å². The Labute approximate surface area is 177 Å². The standard InChI is InChI=1S/C25H25N5/c1-29(2)22-15-13-21(14-16-22)27-24-17-18-26-25(28-24)30(23-11-7-4-8-12-23)19-20-9-5-3-6-10-20/h3-18H,19H2,1-2H3,(H,26,27,28). The monoisotopic (exact) mass is 395 g/mol. The first-order valence-electron chi connectivity index (χ1n) is 9.93. The molecular formula is C25H25N5. The van der Waals surface area contributed by atoms with Gasteiger partial charge in [0.2, 0.25) is 5.95 Å². The number of benzene rings is 3. The maximum atomic E-state index is 4.79. The summed E-state index contributed by atoms with van der Waals surface area (Å²) < 4.78 is 0. The minimum atomic E-state index is 0.653. The first-order valence-corrected chi connectivity index (χ1v) is 9.93. The molecule has 4 aromatic rings. The van der Waals surface area contributed by atoms with Crippen molar-refractivity contribution < 1.29 is 0 Å². The van der Waals surface area contributed by atoms with Gasteiger partial charge in [-0.25, -0.2) is 4.98 Å². The maximum absolute atomic E-state index is 4.79. The zero-order chi connectivity index (χ0) is 20.8. The van der Waals surface area contributed by atoms with Gasteiger partial charge in [-0.2, -0.15) is 4.98 Å². The minimum absolute atomic E-state index is 0.653. The van der Waals surface area contributed by atoms with Crippen molar-refractivity contribution in [1.82, 2.24) is 9.97 Å². The molecule has 0 unspecified atom stereocenters. The maximum Gasteiger partial charge on any atom is 0.232 e. The fraction of sp³-hybridized carbons (Fsp3) is 0.120. The molecule has 5 heteroatoms. The average molecular weight is 396 g/mol. The lowest BCUT2D eigenvalue weighted by Gasteiger charge is -2.23. The van der Waals surface area contributed by atoms with Crippen LogP contribution in [-0.4, -0.2) is 24.1 Å². The summed E-state index contributed by atoms with van der Waals surface area (Å²) >= 11 is 0. The van der Waals surface area contributed by atoms with Gasteiger partial charge in [0.1, 0.15) is 5.82 Å². The van der Waals surface area contributed by atoms with Gasteiger partial charge in [-0.1, -0.05) is 48.5 Å². The molecule has 0 atom stereocenters. The third kappa shape index (κ3) is 4.75. The van der Waals surface area contributed by atoms with Crippen LogP contribution >= 0.6 is 0 Å². The van der Waals surface area contributed by atoms with Gasteiger partial charge in [0.25, 0.3) is 0 Å². The summed E-state index contributed by atoms with van der Waals surface area (Å²) in [5.41, 5.74) is 4.39. The highest BCUT2D eigenvalue weighted by Crippen LogP contribution is 2.26. The van der Waals surface area contributed by atoms with Crippen LogP contribution in [0.25, 0.3) is 0 Å². The molecule has 0 spiro atoms. The topological polar surface area (TPSA) is 44.3 Å². The van der Waals surface area contributed by atoms with Gasteiger partial charge in [-0.3, -0.25) is 0 Å². The molecule has 0 saturated heterocycles. The van der Waals surface area contributed by atoms with E-state index in [0.717, 1.165) is 22.9 Å². The summed E-state index contributed by atoms with van der Waals surface area (Å²) in [5, 5.41) is 3.38. The highest BCUT2D eigenvalue weighted by molar-refractivity contribution is 5.63. The van der Waals surface area contributed by atoms with Crippen LogP contribution in [0, 0.1) is 0 Å². The van der Waals surface area contributed by atoms with Gasteiger partial charge < -0.3 is 15.1 Å². The number of hydrogen-bond donors (Lipinski definition) is 1. The molecule has 0 aliphatic heterocycles. The molecule has 1 N–H and O–H groups in total. The lowest BCUT2D eigenvalue weighted by atomic mass is 10.2. The molecule has 0 aliphatic carbocycles. The van der Waals surface area contributed by atoms with E-state index in [-0.39, 0.29) is 0 Å². The Morgan fingerprint density at radius 1 is 0.733 bits per heavy atom. The van der Waals surface area contributed by atoms with Crippen LogP contribution in [0.15, 0.2) is 97.2 Å². The van der Waals surface area contributed by atoms with E-state index in [1.54, 1.807) is 6.20 Å². The second-order valence-electron chi connectivity index (χ2n) is 7.22. The van der Waals surface area contributed by atoms with Crippen molar-refractivity contribution in [2.24, 2.45) is 0 Å². The molecule has 0 radical (unpaired) electrons. The number of anilines is 5. The summed E-state index contributed by atoms with van der Waals surface area (Å²) in [6, 6.07) is 30.7. The van der Waals surface area contributed by atoms with Crippen LogP contribution in [-0.2, 0) is 6.54 Å². The molecule has 5 nitrogen and oxygen atoms in total. The molecule has 3 aromatic carbocycles. The average Bonchev–Trinajstić information content (AvgIpc) is 2.79. The second-order valence-corrected chi connectivity index (χ2v) is 7.22. The van der Waals surface area contributed by atoms with Gasteiger partial charge in [0, 0.05) is 37.4 Å². The first-order chi connectivity index (χ1) is 14.7. The van der Waals surface area contributed by atoms with Crippen molar-refractivity contribution in [1.29, 1.82) is 0 Å². The molecule has 150 valence electrons. The number of nitrogens with one attached hydrogen (secondary N) is 1. The Kier molecular flexibility index (Phi) is 5.90. The van der Waals surface area contributed by atoms with Gasteiger partial charge >= 0.3 is 0 Å². The first kappa shape index (κ1) is 19.5. The molecular weight excluding hydrogens is 370 g/mol. The van der Waals surface area contributed by atoms with Crippen molar-refractivity contribution in [3.63, 3.8) is 0 Å². The molecule has 0 bridgehead atoms. The van der Waals surface area contributed by atoms with Crippen LogP contribution in [0.2, 0.25) is 0 Å². The zero-order valence-corrected chi connectivity index (χ0v) is 17.2. The smallest absolute Gasteiger partial charge is 0.232 e. The largest absolute Gasteiger partial charge is 0.378 e. The fourth-order valence-electron chi connectivity index (χ4n) is 3.19. The molecule has 0 amide bonds. The van der Waals surface area contributed by atoms with Gasteiger partial charge in [0.05, 0.1) is 6.54 Å². The normalized spacial score (nSPS) is 10.5. The van der Waals surface area contributed by atoms with Crippen molar-refractivity contribution in [2.45, 2.75) is 6.54 Å². The second kappa shape index (κ2) is 9.09. The highest BCUT2D eigenvalue weighted by Gasteiger charge is 2.13. The predicted octanol–water partition coefficient (Wildman–Crippen LogP) is 5.62. The van der Waals surface area contributed by atoms with E-state index < -0.39 is 0 Å². The summed E-state index contributed by atoms with van der Waals surface area (Å²) in [4.78, 5) is 13.5. The minimum Gasteiger partial charge on any atom is -0.378 e. The highest BCUT2D eigenvalue weighted by atomic mass is 15.3. The van der Waals surface area contributed by atoms with E-state index in [1.807, 2.05) is 44.4 Å². The van der Waals surface area contributed by atoms with Gasteiger partial charge in [-0.15, -0.1) is 0 Å². The lowest BCUT2D eigenvalue weighted by Crippen LogP contribution is -2.19. The van der Waals surface area contributed by atoms with Crippen LogP contribution in [0.1, 0.15) is 5.56 Å². The van der Waals surface area contributed by atoms with Gasteiger partial charge in [0.15, 0.2) is 0 Å². The molecule has 1 heterocycles. The van der Waals surface area contributed by atoms with Gasteiger partial charge in [-0.05, 0) is 48.0 Å². The SMILES string of the molecule is CN(C)c1ccc(Nc2ccnc(N(Cc3ccccc3)c3ccccc3)n2)cc1. The molecule has 30 heavy (non-hydrogen) atoms. The Bertz CT molecular complexity index is 1060. The Morgan fingerprint density at radius 2 is 1.40 bits per heavy atom. The molecule has 0 aliphatic rings. The summed E-state index contributed by atoms with van der Waals surface area (Å²) in [6.45, 7) is 0.686. The number of aromatic nitrogens is 2. The fourth-order valence-corrected chi connectivity index (χ4v) is 3.19. The third-order valence-electron chi connectivity index (χ3n) is 4.79. The van der Waals surface area contributed by atoms with Crippen molar-refractivity contribution in [3.05, 3.63) is 103 Å². The van der Waals surface area contributed by atoms with E-state index in [0.29, 0.717) is 12.5 Å². The Morgan fingerprint density at radius 3 is 2.07 bits per heavy atom. The summed E-state index contributed by atoms with van der Waals surface area (Å²) in [5.74, 6) is 1.41. The molecule has 0 saturated carbocycles. The van der Waals surface area contributed by atoms with E-state index >= 15 is 0 Å². The number of hydrogen-bond acceptors (Lipinski definition) is 5. The zero-order valence-electron chi connectivity index (χ0n) is 17.2. The third-order valence-corrected chi connectivity index (χ3v) is 4.79. The number of para-hydroxylation sites is 1. The van der Waals surface area contributed by atoms with E-state index in [2.05, 4.69) is 80.8 Å². The van der Waals surface area contributed by atoms with Crippen molar-refractivity contribution in [3.8, 4) is 0 Å². The quantitative estimate of drug-likeness (QED) is 0.440. The summed E-state index contributed by atoms with van der Waals surface area (Å²) in [6.07, 6.45) is 1.79. The van der Waals surface area contributed by atoms with Crippen LogP contribution < -0.4 is 15.1 Å². The van der Waals surface area contributed by atoms with Crippen LogP contribution in [0.3, 0.4) is 0 Å². The van der Waals surface area contributed by atoms with Crippen LogP contribution in [0.4, 0.5) is 28.8 Å². The Balaban J connectivity index is 1.61. The van der Waals surface area contributed by atoms with Crippen molar-refractivity contribution in [2.75, 3.05) is 29.2 Å². The molecule has 4 rings (SSSR count).